The van der Waals surface area contributed by atoms with Gasteiger partial charge in [-0.1, -0.05) is 35.5 Å². The molecule has 160 valence electrons. The first kappa shape index (κ1) is 21.6. The number of carbonyl (C=O) groups excluding carboxylic acids is 1. The molecule has 1 aliphatic heterocycles. The van der Waals surface area contributed by atoms with Crippen molar-refractivity contribution in [3.8, 4) is 11.5 Å². The van der Waals surface area contributed by atoms with E-state index >= 15 is 0 Å². The molecule has 2 unspecified atom stereocenters. The van der Waals surface area contributed by atoms with Crippen LogP contribution in [0.2, 0.25) is 0 Å². The molecule has 2 aromatic rings. The predicted molar refractivity (Wildman–Crippen MR) is 114 cm³/mol. The van der Waals surface area contributed by atoms with Gasteiger partial charge in [0.2, 0.25) is 0 Å². The molecule has 7 heteroatoms. The van der Waals surface area contributed by atoms with E-state index in [0.717, 1.165) is 11.1 Å². The van der Waals surface area contributed by atoms with Crippen LogP contribution in [0.1, 0.15) is 25.0 Å². The molecule has 1 amide bonds. The Balaban J connectivity index is 1.54. The molecular weight excluding hydrogens is 384 g/mol. The first-order chi connectivity index (χ1) is 14.5. The van der Waals surface area contributed by atoms with Crippen LogP contribution < -0.4 is 9.47 Å². The minimum absolute atomic E-state index is 0.0230. The summed E-state index contributed by atoms with van der Waals surface area (Å²) in [5.74, 6) is 1.14. The summed E-state index contributed by atoms with van der Waals surface area (Å²) in [6, 6.07) is 15.4. The summed E-state index contributed by atoms with van der Waals surface area (Å²) in [6.07, 6.45) is 1.59. The molecule has 2 aromatic carbocycles. The molecule has 1 fully saturated rings. The van der Waals surface area contributed by atoms with Gasteiger partial charge in [0, 0.05) is 18.7 Å². The van der Waals surface area contributed by atoms with E-state index in [1.807, 2.05) is 62.4 Å². The highest BCUT2D eigenvalue weighted by molar-refractivity contribution is 5.81. The number of hydrogen-bond donors (Lipinski definition) is 0. The Morgan fingerprint density at radius 2 is 1.87 bits per heavy atom. The minimum atomic E-state index is -0.108. The molecule has 3 rings (SSSR count). The van der Waals surface area contributed by atoms with Crippen molar-refractivity contribution >= 4 is 12.1 Å². The second-order valence-electron chi connectivity index (χ2n) is 7.25. The maximum atomic E-state index is 12.3. The number of methoxy groups -OCH3 is 1. The average Bonchev–Trinajstić information content (AvgIpc) is 2.75. The Hall–Kier alpha value is -3.06. The first-order valence-corrected chi connectivity index (χ1v) is 9.98. The molecule has 0 N–H and O–H groups in total. The van der Waals surface area contributed by atoms with Crippen LogP contribution in [0.15, 0.2) is 53.7 Å². The molecule has 0 aliphatic carbocycles. The summed E-state index contributed by atoms with van der Waals surface area (Å²) in [4.78, 5) is 19.3. The number of amides is 1. The van der Waals surface area contributed by atoms with Gasteiger partial charge in [-0.05, 0) is 37.6 Å². The highest BCUT2D eigenvalue weighted by atomic mass is 16.6. The number of oxime groups is 1. The molecular formula is C23H28N2O5. The Morgan fingerprint density at radius 1 is 1.13 bits per heavy atom. The zero-order valence-electron chi connectivity index (χ0n) is 17.6. The Bertz CT molecular complexity index is 846. The molecule has 7 nitrogen and oxygen atoms in total. The molecule has 30 heavy (non-hydrogen) atoms. The highest BCUT2D eigenvalue weighted by Gasteiger charge is 2.25. The number of morpholine rings is 1. The normalized spacial score (nSPS) is 19.0. The largest absolute Gasteiger partial charge is 0.493 e. The van der Waals surface area contributed by atoms with Gasteiger partial charge in [-0.3, -0.25) is 4.79 Å². The lowest BCUT2D eigenvalue weighted by Crippen LogP contribution is -2.49. The Kier molecular flexibility index (Phi) is 7.68. The molecule has 1 saturated heterocycles. The van der Waals surface area contributed by atoms with Crippen LogP contribution in [0.25, 0.3) is 0 Å². The van der Waals surface area contributed by atoms with Gasteiger partial charge in [0.05, 0.1) is 25.5 Å². The quantitative estimate of drug-likeness (QED) is 0.492. The lowest BCUT2D eigenvalue weighted by molar-refractivity contribution is -0.147. The molecule has 0 aromatic heterocycles. The van der Waals surface area contributed by atoms with E-state index in [2.05, 4.69) is 5.16 Å². The molecule has 0 spiro atoms. The second-order valence-corrected chi connectivity index (χ2v) is 7.25. The van der Waals surface area contributed by atoms with E-state index in [9.17, 15) is 4.79 Å². The van der Waals surface area contributed by atoms with Crippen LogP contribution in [-0.4, -0.2) is 56.0 Å². The topological polar surface area (TPSA) is 69.6 Å². The van der Waals surface area contributed by atoms with E-state index in [1.165, 1.54) is 0 Å². The van der Waals surface area contributed by atoms with E-state index in [0.29, 0.717) is 31.2 Å². The minimum Gasteiger partial charge on any atom is -0.493 e. The summed E-state index contributed by atoms with van der Waals surface area (Å²) < 4.78 is 16.9. The number of rotatable bonds is 8. The van der Waals surface area contributed by atoms with E-state index in [1.54, 1.807) is 18.2 Å². The zero-order valence-corrected chi connectivity index (χ0v) is 17.6. The number of hydrogen-bond acceptors (Lipinski definition) is 6. The summed E-state index contributed by atoms with van der Waals surface area (Å²) in [7, 11) is 1.60. The Morgan fingerprint density at radius 3 is 2.57 bits per heavy atom. The highest BCUT2D eigenvalue weighted by Crippen LogP contribution is 2.28. The van der Waals surface area contributed by atoms with Crippen LogP contribution in [-0.2, 0) is 21.0 Å². The van der Waals surface area contributed by atoms with Crippen LogP contribution in [0, 0.1) is 0 Å². The molecule has 0 radical (unpaired) electrons. The summed E-state index contributed by atoms with van der Waals surface area (Å²) in [5.41, 5.74) is 1.84. The van der Waals surface area contributed by atoms with Gasteiger partial charge < -0.3 is 23.9 Å². The van der Waals surface area contributed by atoms with Crippen molar-refractivity contribution in [3.63, 3.8) is 0 Å². The molecule has 0 bridgehead atoms. The SMILES string of the molecule is COc1ccc(C=NOCC(=O)N2CC(C)OC(C)C2)cc1OCc1ccccc1. The summed E-state index contributed by atoms with van der Waals surface area (Å²) >= 11 is 0. The van der Waals surface area contributed by atoms with E-state index in [4.69, 9.17) is 19.0 Å². The predicted octanol–water partition coefficient (Wildman–Crippen LogP) is 3.26. The van der Waals surface area contributed by atoms with Crippen molar-refractivity contribution < 1.29 is 23.8 Å². The van der Waals surface area contributed by atoms with E-state index in [-0.39, 0.29) is 24.7 Å². The number of ether oxygens (including phenoxy) is 3. The number of benzene rings is 2. The van der Waals surface area contributed by atoms with Crippen LogP contribution in [0.5, 0.6) is 11.5 Å². The fraction of sp³-hybridized carbons (Fsp3) is 0.391. The van der Waals surface area contributed by atoms with Crippen molar-refractivity contribution in [1.29, 1.82) is 0 Å². The van der Waals surface area contributed by atoms with Crippen LogP contribution in [0.4, 0.5) is 0 Å². The fourth-order valence-electron chi connectivity index (χ4n) is 3.29. The Labute approximate surface area is 177 Å². The van der Waals surface area contributed by atoms with Gasteiger partial charge in [-0.15, -0.1) is 0 Å². The van der Waals surface area contributed by atoms with Crippen molar-refractivity contribution in [2.24, 2.45) is 5.16 Å². The second kappa shape index (κ2) is 10.6. The van der Waals surface area contributed by atoms with Gasteiger partial charge in [0.1, 0.15) is 6.61 Å². The van der Waals surface area contributed by atoms with Crippen molar-refractivity contribution in [1.82, 2.24) is 4.90 Å². The number of carbonyl (C=O) groups is 1. The van der Waals surface area contributed by atoms with E-state index < -0.39 is 0 Å². The van der Waals surface area contributed by atoms with Gasteiger partial charge in [0.15, 0.2) is 18.1 Å². The standard InChI is InChI=1S/C23H28N2O5/c1-17-13-25(14-18(2)30-17)23(26)16-29-24-12-20-9-10-21(27-3)22(11-20)28-15-19-7-5-4-6-8-19/h4-12,17-18H,13-16H2,1-3H3. The third kappa shape index (κ3) is 6.22. The van der Waals surface area contributed by atoms with Crippen molar-refractivity contribution in [3.05, 3.63) is 59.7 Å². The zero-order chi connectivity index (χ0) is 21.3. The third-order valence-electron chi connectivity index (χ3n) is 4.66. The smallest absolute Gasteiger partial charge is 0.263 e. The lowest BCUT2D eigenvalue weighted by atomic mass is 10.2. The summed E-state index contributed by atoms with van der Waals surface area (Å²) in [5, 5.41) is 3.93. The van der Waals surface area contributed by atoms with Gasteiger partial charge in [-0.2, -0.15) is 0 Å². The maximum Gasteiger partial charge on any atom is 0.263 e. The molecule has 1 aliphatic rings. The van der Waals surface area contributed by atoms with Crippen LogP contribution in [0.3, 0.4) is 0 Å². The van der Waals surface area contributed by atoms with Gasteiger partial charge in [-0.25, -0.2) is 0 Å². The molecule has 1 heterocycles. The first-order valence-electron chi connectivity index (χ1n) is 9.98. The third-order valence-corrected chi connectivity index (χ3v) is 4.66. The van der Waals surface area contributed by atoms with Gasteiger partial charge in [0.25, 0.3) is 5.91 Å². The lowest BCUT2D eigenvalue weighted by Gasteiger charge is -2.34. The van der Waals surface area contributed by atoms with Crippen LogP contribution >= 0.6 is 0 Å². The molecule has 2 atom stereocenters. The number of nitrogens with zero attached hydrogens (tertiary/aromatic N) is 2. The summed E-state index contributed by atoms with van der Waals surface area (Å²) in [6.45, 7) is 5.36. The maximum absolute atomic E-state index is 12.3. The van der Waals surface area contributed by atoms with Gasteiger partial charge >= 0.3 is 0 Å². The van der Waals surface area contributed by atoms with Crippen molar-refractivity contribution in [2.45, 2.75) is 32.7 Å². The van der Waals surface area contributed by atoms with Crippen molar-refractivity contribution in [2.75, 3.05) is 26.8 Å². The monoisotopic (exact) mass is 412 g/mol. The average molecular weight is 412 g/mol. The fourth-order valence-corrected chi connectivity index (χ4v) is 3.29. The molecule has 0 saturated carbocycles.